The standard InChI is InChI=1S/C21H25ClO7S/c22-21-12(7-11-1-3-13(4-2-11)28-14-5-6-27-10-14)8-16(30-21)20-19(26)18(25)17(24)15(9-23)29-20/h1-4,8,14-15,17-20,23-26H,5-7,9-10H2/t14?,15-,17-,18+,19-,20+/m1/s1. The van der Waals surface area contributed by atoms with Gasteiger partial charge >= 0.3 is 0 Å². The largest absolute Gasteiger partial charge is 0.488 e. The lowest BCUT2D eigenvalue weighted by atomic mass is 9.94. The quantitative estimate of drug-likeness (QED) is 0.523. The molecule has 3 heterocycles. The van der Waals surface area contributed by atoms with E-state index in [1.54, 1.807) is 0 Å². The van der Waals surface area contributed by atoms with E-state index < -0.39 is 37.1 Å². The normalized spacial score (nSPS) is 31.8. The number of rotatable bonds is 6. The maximum Gasteiger partial charge on any atom is 0.124 e. The van der Waals surface area contributed by atoms with E-state index in [0.29, 0.717) is 22.2 Å². The van der Waals surface area contributed by atoms with E-state index in [-0.39, 0.29) is 6.10 Å². The van der Waals surface area contributed by atoms with Crippen LogP contribution in [0.4, 0.5) is 0 Å². The number of hydrogen-bond acceptors (Lipinski definition) is 8. The van der Waals surface area contributed by atoms with Gasteiger partial charge in [0.25, 0.3) is 0 Å². The zero-order valence-corrected chi connectivity index (χ0v) is 17.8. The van der Waals surface area contributed by atoms with Crippen LogP contribution in [0.5, 0.6) is 5.75 Å². The Morgan fingerprint density at radius 3 is 2.53 bits per heavy atom. The maximum atomic E-state index is 10.3. The van der Waals surface area contributed by atoms with E-state index in [2.05, 4.69) is 0 Å². The molecule has 1 aromatic heterocycles. The summed E-state index contributed by atoms with van der Waals surface area (Å²) in [5.74, 6) is 0.799. The van der Waals surface area contributed by atoms with Crippen molar-refractivity contribution in [1.82, 2.24) is 0 Å². The highest BCUT2D eigenvalue weighted by Crippen LogP contribution is 2.40. The van der Waals surface area contributed by atoms with Crippen LogP contribution in [0.3, 0.4) is 0 Å². The summed E-state index contributed by atoms with van der Waals surface area (Å²) in [7, 11) is 0. The number of aliphatic hydroxyl groups excluding tert-OH is 4. The topological polar surface area (TPSA) is 109 Å². The van der Waals surface area contributed by atoms with Crippen molar-refractivity contribution < 1.29 is 34.6 Å². The van der Waals surface area contributed by atoms with Gasteiger partial charge in [-0.3, -0.25) is 0 Å². The molecule has 4 rings (SSSR count). The zero-order chi connectivity index (χ0) is 21.3. The number of aliphatic hydroxyl groups is 4. The Morgan fingerprint density at radius 1 is 1.10 bits per heavy atom. The number of thiophene rings is 1. The Bertz CT molecular complexity index is 834. The Labute approximate surface area is 183 Å². The van der Waals surface area contributed by atoms with Gasteiger partial charge in [0.15, 0.2) is 0 Å². The molecule has 0 radical (unpaired) electrons. The second-order valence-electron chi connectivity index (χ2n) is 7.62. The second-order valence-corrected chi connectivity index (χ2v) is 9.31. The summed E-state index contributed by atoms with van der Waals surface area (Å²) in [6.07, 6.45) is -4.36. The monoisotopic (exact) mass is 456 g/mol. The second kappa shape index (κ2) is 9.50. The Morgan fingerprint density at radius 2 is 1.87 bits per heavy atom. The van der Waals surface area contributed by atoms with Crippen LogP contribution < -0.4 is 4.74 Å². The minimum atomic E-state index is -1.41. The summed E-state index contributed by atoms with van der Waals surface area (Å²) >= 11 is 7.67. The molecular formula is C21H25ClO7S. The minimum Gasteiger partial charge on any atom is -0.488 e. The lowest BCUT2D eigenvalue weighted by molar-refractivity contribution is -0.230. The molecule has 0 amide bonds. The van der Waals surface area contributed by atoms with Crippen molar-refractivity contribution in [2.45, 2.75) is 49.5 Å². The fourth-order valence-corrected chi connectivity index (χ4v) is 5.10. The van der Waals surface area contributed by atoms with Gasteiger partial charge in [0, 0.05) is 11.3 Å². The molecule has 2 aromatic rings. The van der Waals surface area contributed by atoms with Crippen molar-refractivity contribution in [2.75, 3.05) is 19.8 Å². The van der Waals surface area contributed by atoms with Crippen LogP contribution in [0.15, 0.2) is 30.3 Å². The summed E-state index contributed by atoms with van der Waals surface area (Å²) in [6, 6.07) is 9.64. The molecule has 4 N–H and O–H groups in total. The number of halogens is 1. The highest BCUT2D eigenvalue weighted by molar-refractivity contribution is 7.16. The number of benzene rings is 1. The van der Waals surface area contributed by atoms with Gasteiger partial charge in [0.1, 0.15) is 42.4 Å². The molecule has 2 aliphatic heterocycles. The van der Waals surface area contributed by atoms with Crippen molar-refractivity contribution in [3.05, 3.63) is 50.7 Å². The van der Waals surface area contributed by atoms with Crippen molar-refractivity contribution in [1.29, 1.82) is 0 Å². The highest BCUT2D eigenvalue weighted by Gasteiger charge is 2.44. The molecule has 164 valence electrons. The third-order valence-electron chi connectivity index (χ3n) is 5.46. The molecule has 1 unspecified atom stereocenters. The molecule has 0 saturated carbocycles. The molecule has 9 heteroatoms. The average Bonchev–Trinajstić information content (AvgIpc) is 3.38. The van der Waals surface area contributed by atoms with E-state index in [4.69, 9.17) is 25.8 Å². The van der Waals surface area contributed by atoms with Crippen molar-refractivity contribution in [3.63, 3.8) is 0 Å². The zero-order valence-electron chi connectivity index (χ0n) is 16.2. The van der Waals surface area contributed by atoms with E-state index in [1.165, 1.54) is 11.3 Å². The van der Waals surface area contributed by atoms with Gasteiger partial charge in [-0.1, -0.05) is 23.7 Å². The van der Waals surface area contributed by atoms with Crippen LogP contribution in [-0.2, 0) is 15.9 Å². The molecule has 7 nitrogen and oxygen atoms in total. The first kappa shape index (κ1) is 22.0. The van der Waals surface area contributed by atoms with Gasteiger partial charge in [-0.05, 0) is 35.7 Å². The van der Waals surface area contributed by atoms with Crippen molar-refractivity contribution >= 4 is 22.9 Å². The van der Waals surface area contributed by atoms with E-state index in [9.17, 15) is 20.4 Å². The van der Waals surface area contributed by atoms with Gasteiger partial charge in [0.05, 0.1) is 24.2 Å². The van der Waals surface area contributed by atoms with Gasteiger partial charge in [0.2, 0.25) is 0 Å². The summed E-state index contributed by atoms with van der Waals surface area (Å²) in [5.41, 5.74) is 1.91. The fourth-order valence-electron chi connectivity index (χ4n) is 3.73. The lowest BCUT2D eigenvalue weighted by Gasteiger charge is -2.39. The molecule has 0 aliphatic carbocycles. The third-order valence-corrected chi connectivity index (χ3v) is 6.96. The molecule has 0 bridgehead atoms. The van der Waals surface area contributed by atoms with E-state index >= 15 is 0 Å². The minimum absolute atomic E-state index is 0.100. The third kappa shape index (κ3) is 4.66. The van der Waals surface area contributed by atoms with Gasteiger partial charge in [-0.15, -0.1) is 11.3 Å². The van der Waals surface area contributed by atoms with Gasteiger partial charge < -0.3 is 34.6 Å². The highest BCUT2D eigenvalue weighted by atomic mass is 35.5. The summed E-state index contributed by atoms with van der Waals surface area (Å²) < 4.78 is 17.4. The molecule has 1 aromatic carbocycles. The van der Waals surface area contributed by atoms with Crippen LogP contribution in [-0.4, -0.2) is 70.8 Å². The molecule has 30 heavy (non-hydrogen) atoms. The Kier molecular flexibility index (Phi) is 6.96. The van der Waals surface area contributed by atoms with E-state index in [0.717, 1.165) is 29.9 Å². The molecule has 2 saturated heterocycles. The average molecular weight is 457 g/mol. The molecule has 6 atom stereocenters. The van der Waals surface area contributed by atoms with Crippen LogP contribution >= 0.6 is 22.9 Å². The number of hydrogen-bond donors (Lipinski definition) is 4. The molecule has 0 spiro atoms. The summed E-state index contributed by atoms with van der Waals surface area (Å²) in [5, 5.41) is 39.7. The first-order valence-electron chi connectivity index (χ1n) is 9.88. The van der Waals surface area contributed by atoms with Gasteiger partial charge in [-0.2, -0.15) is 0 Å². The Hall–Kier alpha value is -1.23. The molecule has 2 fully saturated rings. The predicted molar refractivity (Wildman–Crippen MR) is 111 cm³/mol. The molecule has 2 aliphatic rings. The maximum absolute atomic E-state index is 10.3. The van der Waals surface area contributed by atoms with Crippen molar-refractivity contribution in [2.24, 2.45) is 0 Å². The summed E-state index contributed by atoms with van der Waals surface area (Å²) in [6.45, 7) is 0.887. The van der Waals surface area contributed by atoms with Crippen LogP contribution in [0, 0.1) is 0 Å². The lowest BCUT2D eigenvalue weighted by Crippen LogP contribution is -2.55. The first-order valence-corrected chi connectivity index (χ1v) is 11.1. The number of ether oxygens (including phenoxy) is 3. The predicted octanol–water partition coefficient (Wildman–Crippen LogP) is 1.67. The first-order chi connectivity index (χ1) is 14.5. The van der Waals surface area contributed by atoms with E-state index in [1.807, 2.05) is 30.3 Å². The summed E-state index contributed by atoms with van der Waals surface area (Å²) in [4.78, 5) is 0.632. The Balaban J connectivity index is 1.45. The smallest absolute Gasteiger partial charge is 0.124 e. The van der Waals surface area contributed by atoms with Gasteiger partial charge in [-0.25, -0.2) is 0 Å². The van der Waals surface area contributed by atoms with Crippen LogP contribution in [0.1, 0.15) is 28.5 Å². The fraction of sp³-hybridized carbons (Fsp3) is 0.524. The van der Waals surface area contributed by atoms with Crippen LogP contribution in [0.2, 0.25) is 4.34 Å². The molecular weight excluding hydrogens is 432 g/mol. The van der Waals surface area contributed by atoms with Crippen molar-refractivity contribution in [3.8, 4) is 5.75 Å². The SMILES string of the molecule is OC[C@H]1O[C@@H](c2cc(Cc3ccc(OC4CCOC4)cc3)c(Cl)s2)[C@H](O)[C@@H](O)[C@@H]1O. The van der Waals surface area contributed by atoms with Crippen LogP contribution in [0.25, 0.3) is 0 Å².